The smallest absolute Gasteiger partial charge is 0.270 e. The molecule has 0 bridgehead atoms. The number of fused-ring (bicyclic) bond motifs is 1. The van der Waals surface area contributed by atoms with Crippen LogP contribution < -0.4 is 4.74 Å². The summed E-state index contributed by atoms with van der Waals surface area (Å²) in [6.45, 7) is 0. The molecule has 0 atom stereocenters. The maximum absolute atomic E-state index is 11.0. The highest BCUT2D eigenvalue weighted by molar-refractivity contribution is 5.66. The topological polar surface area (TPSA) is 95.5 Å². The maximum Gasteiger partial charge on any atom is 0.270 e. The Hall–Kier alpha value is -3.81. The summed E-state index contributed by atoms with van der Waals surface area (Å²) in [5, 5.41) is 15.6. The number of benzene rings is 2. The molecule has 2 aromatic heterocycles. The van der Waals surface area contributed by atoms with Gasteiger partial charge in [0.2, 0.25) is 0 Å². The van der Waals surface area contributed by atoms with Crippen molar-refractivity contribution in [2.45, 2.75) is 0 Å². The van der Waals surface area contributed by atoms with Crippen molar-refractivity contribution >= 4 is 11.5 Å². The summed E-state index contributed by atoms with van der Waals surface area (Å²) in [7, 11) is 1.60. The summed E-state index contributed by atoms with van der Waals surface area (Å²) in [5.41, 5.74) is 2.17. The summed E-state index contributed by atoms with van der Waals surface area (Å²) in [6.07, 6.45) is 1.61. The van der Waals surface area contributed by atoms with Gasteiger partial charge in [0.25, 0.3) is 11.5 Å². The summed E-state index contributed by atoms with van der Waals surface area (Å²) in [4.78, 5) is 19.3. The Morgan fingerprint density at radius 3 is 2.62 bits per heavy atom. The van der Waals surface area contributed by atoms with Crippen molar-refractivity contribution in [3.63, 3.8) is 0 Å². The van der Waals surface area contributed by atoms with Gasteiger partial charge in [0.15, 0.2) is 5.82 Å². The van der Waals surface area contributed by atoms with E-state index >= 15 is 0 Å². The summed E-state index contributed by atoms with van der Waals surface area (Å²) in [6, 6.07) is 15.5. The lowest BCUT2D eigenvalue weighted by Crippen LogP contribution is -1.96. The number of nitro groups is 1. The first-order chi connectivity index (χ1) is 12.7. The van der Waals surface area contributed by atoms with Crippen LogP contribution in [-0.4, -0.2) is 31.6 Å². The van der Waals surface area contributed by atoms with Crippen LogP contribution >= 0.6 is 0 Å². The molecule has 2 heterocycles. The monoisotopic (exact) mass is 347 g/mol. The molecule has 0 amide bonds. The number of aromatic nitrogens is 4. The van der Waals surface area contributed by atoms with Gasteiger partial charge in [0, 0.05) is 29.5 Å². The van der Waals surface area contributed by atoms with Gasteiger partial charge in [-0.05, 0) is 30.3 Å². The van der Waals surface area contributed by atoms with E-state index in [1.165, 1.54) is 12.1 Å². The van der Waals surface area contributed by atoms with Crippen LogP contribution in [0, 0.1) is 10.1 Å². The van der Waals surface area contributed by atoms with Gasteiger partial charge >= 0.3 is 0 Å². The van der Waals surface area contributed by atoms with Gasteiger partial charge in [0.05, 0.1) is 17.7 Å². The summed E-state index contributed by atoms with van der Waals surface area (Å²) >= 11 is 0. The van der Waals surface area contributed by atoms with Crippen molar-refractivity contribution in [2.75, 3.05) is 7.11 Å². The van der Waals surface area contributed by atoms with Crippen LogP contribution in [0.4, 0.5) is 5.69 Å². The molecule has 2 aromatic carbocycles. The van der Waals surface area contributed by atoms with E-state index in [9.17, 15) is 10.1 Å². The average Bonchev–Trinajstić information content (AvgIpc) is 3.12. The van der Waals surface area contributed by atoms with Crippen molar-refractivity contribution in [3.8, 4) is 28.4 Å². The molecule has 0 aliphatic heterocycles. The van der Waals surface area contributed by atoms with Crippen molar-refractivity contribution in [2.24, 2.45) is 0 Å². The lowest BCUT2D eigenvalue weighted by Gasteiger charge is -2.03. The minimum absolute atomic E-state index is 0.0166. The molecule has 0 unspecified atom stereocenters. The third kappa shape index (κ3) is 2.73. The zero-order chi connectivity index (χ0) is 18.1. The number of hydrogen-bond acceptors (Lipinski definition) is 6. The normalized spacial score (nSPS) is 10.8. The summed E-state index contributed by atoms with van der Waals surface area (Å²) in [5.74, 6) is 1.67. The number of non-ortho nitro benzene ring substituents is 1. The standard InChI is InChI=1S/C18H13N5O3/c1-26-15-7-5-12(6-8-15)17-20-18-19-10-9-16(22(18)21-17)13-3-2-4-14(11-13)23(24)25/h2-11H,1H3. The SMILES string of the molecule is COc1ccc(-c2nc3nccc(-c4cccc([N+](=O)[O-])c4)n3n2)cc1. The van der Waals surface area contributed by atoms with E-state index in [-0.39, 0.29) is 5.69 Å². The first kappa shape index (κ1) is 15.7. The molecule has 8 nitrogen and oxygen atoms in total. The highest BCUT2D eigenvalue weighted by Crippen LogP contribution is 2.25. The lowest BCUT2D eigenvalue weighted by atomic mass is 10.1. The van der Waals surface area contributed by atoms with Gasteiger partial charge in [-0.2, -0.15) is 9.50 Å². The molecule has 26 heavy (non-hydrogen) atoms. The second-order valence-electron chi connectivity index (χ2n) is 5.51. The Morgan fingerprint density at radius 1 is 1.08 bits per heavy atom. The first-order valence-electron chi connectivity index (χ1n) is 7.77. The van der Waals surface area contributed by atoms with E-state index in [0.29, 0.717) is 22.9 Å². The molecule has 8 heteroatoms. The van der Waals surface area contributed by atoms with Crippen LogP contribution in [0.25, 0.3) is 28.4 Å². The molecule has 4 rings (SSSR count). The Kier molecular flexibility index (Phi) is 3.77. The van der Waals surface area contributed by atoms with Gasteiger partial charge in [-0.25, -0.2) is 4.98 Å². The van der Waals surface area contributed by atoms with E-state index in [2.05, 4.69) is 15.1 Å². The minimum Gasteiger partial charge on any atom is -0.497 e. The number of hydrogen-bond donors (Lipinski definition) is 0. The number of ether oxygens (including phenoxy) is 1. The van der Waals surface area contributed by atoms with Crippen LogP contribution in [-0.2, 0) is 0 Å². The van der Waals surface area contributed by atoms with E-state index in [0.717, 1.165) is 11.3 Å². The molecule has 0 radical (unpaired) electrons. The molecule has 0 N–H and O–H groups in total. The van der Waals surface area contributed by atoms with Crippen LogP contribution in [0.15, 0.2) is 60.8 Å². The van der Waals surface area contributed by atoms with Crippen LogP contribution in [0.1, 0.15) is 0 Å². The zero-order valence-corrected chi connectivity index (χ0v) is 13.7. The maximum atomic E-state index is 11.0. The molecular formula is C18H13N5O3. The molecule has 0 saturated heterocycles. The highest BCUT2D eigenvalue weighted by atomic mass is 16.6. The molecule has 128 valence electrons. The largest absolute Gasteiger partial charge is 0.497 e. The van der Waals surface area contributed by atoms with Gasteiger partial charge in [-0.1, -0.05) is 12.1 Å². The van der Waals surface area contributed by atoms with Gasteiger partial charge in [-0.3, -0.25) is 10.1 Å². The molecular weight excluding hydrogens is 334 g/mol. The van der Waals surface area contributed by atoms with Crippen molar-refractivity contribution in [1.82, 2.24) is 19.6 Å². The Bertz CT molecular complexity index is 1110. The number of nitrogens with zero attached hydrogens (tertiary/aromatic N) is 5. The Balaban J connectivity index is 1.83. The zero-order valence-electron chi connectivity index (χ0n) is 13.7. The van der Waals surface area contributed by atoms with Gasteiger partial charge in [0.1, 0.15) is 5.75 Å². The van der Waals surface area contributed by atoms with Gasteiger partial charge < -0.3 is 4.74 Å². The second kappa shape index (κ2) is 6.25. The van der Waals surface area contributed by atoms with Crippen molar-refractivity contribution in [1.29, 1.82) is 0 Å². The first-order valence-corrected chi connectivity index (χ1v) is 7.77. The minimum atomic E-state index is -0.425. The highest BCUT2D eigenvalue weighted by Gasteiger charge is 2.13. The number of rotatable bonds is 4. The van der Waals surface area contributed by atoms with Crippen LogP contribution in [0.5, 0.6) is 5.75 Å². The predicted octanol–water partition coefficient (Wildman–Crippen LogP) is 3.38. The molecule has 0 fully saturated rings. The predicted molar refractivity (Wildman–Crippen MR) is 94.9 cm³/mol. The molecule has 0 aliphatic carbocycles. The van der Waals surface area contributed by atoms with E-state index in [1.54, 1.807) is 36.0 Å². The molecule has 0 saturated carbocycles. The van der Waals surface area contributed by atoms with E-state index in [4.69, 9.17) is 4.74 Å². The lowest BCUT2D eigenvalue weighted by molar-refractivity contribution is -0.384. The fourth-order valence-corrected chi connectivity index (χ4v) is 2.65. The van der Waals surface area contributed by atoms with Crippen LogP contribution in [0.2, 0.25) is 0 Å². The van der Waals surface area contributed by atoms with Crippen LogP contribution in [0.3, 0.4) is 0 Å². The Morgan fingerprint density at radius 2 is 1.88 bits per heavy atom. The molecule has 0 aliphatic rings. The van der Waals surface area contributed by atoms with Crippen molar-refractivity contribution < 1.29 is 9.66 Å². The fraction of sp³-hybridized carbons (Fsp3) is 0.0556. The number of methoxy groups -OCH3 is 1. The number of nitro benzene ring substituents is 1. The fourth-order valence-electron chi connectivity index (χ4n) is 2.65. The van der Waals surface area contributed by atoms with E-state index in [1.807, 2.05) is 24.3 Å². The van der Waals surface area contributed by atoms with Crippen molar-refractivity contribution in [3.05, 3.63) is 70.9 Å². The van der Waals surface area contributed by atoms with Gasteiger partial charge in [-0.15, -0.1) is 5.10 Å². The molecule has 0 spiro atoms. The Labute approximate surface area is 147 Å². The third-order valence-electron chi connectivity index (χ3n) is 3.94. The molecule has 4 aromatic rings. The summed E-state index contributed by atoms with van der Waals surface area (Å²) < 4.78 is 6.74. The second-order valence-corrected chi connectivity index (χ2v) is 5.51. The van der Waals surface area contributed by atoms with E-state index < -0.39 is 4.92 Å². The average molecular weight is 347 g/mol. The quantitative estimate of drug-likeness (QED) is 0.415. The third-order valence-corrected chi connectivity index (χ3v) is 3.94.